The average molecular weight is 259 g/mol. The summed E-state index contributed by atoms with van der Waals surface area (Å²) in [7, 11) is 0. The molecule has 4 nitrogen and oxygen atoms in total. The van der Waals surface area contributed by atoms with Crippen LogP contribution in [0.1, 0.15) is 26.3 Å². The van der Waals surface area contributed by atoms with E-state index in [0.29, 0.717) is 12.4 Å². The summed E-state index contributed by atoms with van der Waals surface area (Å²) in [5.41, 5.74) is 0.700. The fraction of sp³-hybridized carbons (Fsp3) is 0.333. The van der Waals surface area contributed by atoms with E-state index in [1.54, 1.807) is 32.0 Å². The van der Waals surface area contributed by atoms with Crippen LogP contribution in [0.2, 0.25) is 0 Å². The Hall–Kier alpha value is -2.28. The van der Waals surface area contributed by atoms with Gasteiger partial charge in [0.15, 0.2) is 0 Å². The summed E-state index contributed by atoms with van der Waals surface area (Å²) in [6.07, 6.45) is 1.24. The average Bonchev–Trinajstić information content (AvgIpc) is 2.36. The van der Waals surface area contributed by atoms with Gasteiger partial charge >= 0.3 is 5.97 Å². The van der Waals surface area contributed by atoms with Crippen LogP contribution in [0.15, 0.2) is 29.8 Å². The quantitative estimate of drug-likeness (QED) is 0.463. The molecule has 100 valence electrons. The molecule has 1 rings (SSSR count). The third-order valence-corrected chi connectivity index (χ3v) is 2.16. The lowest BCUT2D eigenvalue weighted by Gasteiger charge is -2.07. The van der Waals surface area contributed by atoms with Crippen molar-refractivity contribution in [3.63, 3.8) is 0 Å². The molecule has 0 N–H and O–H groups in total. The Bertz CT molecular complexity index is 512. The maximum Gasteiger partial charge on any atom is 0.349 e. The summed E-state index contributed by atoms with van der Waals surface area (Å²) in [5.74, 6) is 0.0880. The van der Waals surface area contributed by atoms with Crippen molar-refractivity contribution >= 4 is 12.0 Å². The molecule has 0 amide bonds. The van der Waals surface area contributed by atoms with Gasteiger partial charge in [-0.2, -0.15) is 5.26 Å². The van der Waals surface area contributed by atoms with E-state index in [4.69, 9.17) is 14.7 Å². The van der Waals surface area contributed by atoms with Gasteiger partial charge in [-0.15, -0.1) is 0 Å². The molecule has 0 heterocycles. The fourth-order valence-electron chi connectivity index (χ4n) is 1.44. The molecule has 0 unspecified atom stereocenters. The van der Waals surface area contributed by atoms with E-state index in [9.17, 15) is 4.79 Å². The molecule has 0 saturated heterocycles. The van der Waals surface area contributed by atoms with Gasteiger partial charge in [-0.05, 0) is 44.5 Å². The van der Waals surface area contributed by atoms with Gasteiger partial charge in [0.25, 0.3) is 0 Å². The molecular weight excluding hydrogens is 242 g/mol. The molecule has 19 heavy (non-hydrogen) atoms. The van der Waals surface area contributed by atoms with Crippen molar-refractivity contribution in [1.82, 2.24) is 0 Å². The minimum atomic E-state index is -0.612. The Kier molecular flexibility index (Phi) is 5.62. The van der Waals surface area contributed by atoms with E-state index in [0.717, 1.165) is 5.56 Å². The Morgan fingerprint density at radius 2 is 2.21 bits per heavy atom. The minimum Gasteiger partial charge on any atom is -0.494 e. The lowest BCUT2D eigenvalue weighted by molar-refractivity contribution is -0.142. The summed E-state index contributed by atoms with van der Waals surface area (Å²) < 4.78 is 10.4. The van der Waals surface area contributed by atoms with Gasteiger partial charge < -0.3 is 9.47 Å². The van der Waals surface area contributed by atoms with Gasteiger partial charge in [0.05, 0.1) is 12.7 Å². The Balaban J connectivity index is 2.95. The number of ether oxygens (including phenoxy) is 2. The first kappa shape index (κ1) is 14.8. The van der Waals surface area contributed by atoms with Crippen molar-refractivity contribution in [2.24, 2.45) is 0 Å². The Labute approximate surface area is 113 Å². The summed E-state index contributed by atoms with van der Waals surface area (Å²) in [4.78, 5) is 11.7. The molecule has 0 atom stereocenters. The first-order valence-electron chi connectivity index (χ1n) is 6.12. The molecule has 0 aliphatic heterocycles. The molecule has 0 aliphatic rings. The zero-order chi connectivity index (χ0) is 14.3. The zero-order valence-electron chi connectivity index (χ0n) is 11.3. The van der Waals surface area contributed by atoms with Crippen molar-refractivity contribution in [3.8, 4) is 11.8 Å². The van der Waals surface area contributed by atoms with E-state index in [1.807, 2.05) is 19.1 Å². The molecular formula is C15H17NO3. The van der Waals surface area contributed by atoms with Crippen LogP contribution in [0.3, 0.4) is 0 Å². The van der Waals surface area contributed by atoms with Gasteiger partial charge in [0.1, 0.15) is 17.4 Å². The van der Waals surface area contributed by atoms with E-state index in [1.165, 1.54) is 6.08 Å². The van der Waals surface area contributed by atoms with Crippen LogP contribution in [0.25, 0.3) is 6.08 Å². The standard InChI is InChI=1S/C15H17NO3/c1-4-18-14-7-5-6-12(9-14)8-13(10-16)15(17)19-11(2)3/h5-9,11H,4H2,1-3H3/b13-8-. The largest absolute Gasteiger partial charge is 0.494 e. The predicted molar refractivity (Wildman–Crippen MR) is 72.4 cm³/mol. The van der Waals surface area contributed by atoms with Crippen LogP contribution >= 0.6 is 0 Å². The van der Waals surface area contributed by atoms with Crippen molar-refractivity contribution in [1.29, 1.82) is 5.26 Å². The molecule has 0 radical (unpaired) electrons. The molecule has 1 aromatic carbocycles. The number of esters is 1. The molecule has 0 fully saturated rings. The maximum absolute atomic E-state index is 11.7. The maximum atomic E-state index is 11.7. The normalized spacial score (nSPS) is 11.0. The second kappa shape index (κ2) is 7.22. The number of hydrogen-bond acceptors (Lipinski definition) is 4. The highest BCUT2D eigenvalue weighted by molar-refractivity contribution is 5.98. The molecule has 0 saturated carbocycles. The number of nitriles is 1. The number of benzene rings is 1. The number of hydrogen-bond donors (Lipinski definition) is 0. The number of carbonyl (C=O) groups excluding carboxylic acids is 1. The number of carbonyl (C=O) groups is 1. The van der Waals surface area contributed by atoms with E-state index >= 15 is 0 Å². The first-order valence-corrected chi connectivity index (χ1v) is 6.12. The van der Waals surface area contributed by atoms with Gasteiger partial charge in [-0.3, -0.25) is 0 Å². The molecule has 0 aliphatic carbocycles. The Morgan fingerprint density at radius 1 is 1.47 bits per heavy atom. The predicted octanol–water partition coefficient (Wildman–Crippen LogP) is 2.94. The van der Waals surface area contributed by atoms with Crippen molar-refractivity contribution in [2.75, 3.05) is 6.61 Å². The van der Waals surface area contributed by atoms with Gasteiger partial charge in [0.2, 0.25) is 0 Å². The summed E-state index contributed by atoms with van der Waals surface area (Å²) in [6.45, 7) is 5.93. The van der Waals surface area contributed by atoms with Crippen LogP contribution in [0.4, 0.5) is 0 Å². The smallest absolute Gasteiger partial charge is 0.349 e. The second-order valence-corrected chi connectivity index (χ2v) is 4.13. The van der Waals surface area contributed by atoms with Gasteiger partial charge in [-0.1, -0.05) is 12.1 Å². The van der Waals surface area contributed by atoms with Crippen LogP contribution < -0.4 is 4.74 Å². The topological polar surface area (TPSA) is 59.3 Å². The fourth-order valence-corrected chi connectivity index (χ4v) is 1.44. The highest BCUT2D eigenvalue weighted by atomic mass is 16.5. The highest BCUT2D eigenvalue weighted by Gasteiger charge is 2.12. The van der Waals surface area contributed by atoms with Gasteiger partial charge in [-0.25, -0.2) is 4.79 Å². The number of nitrogens with zero attached hydrogens (tertiary/aromatic N) is 1. The van der Waals surface area contributed by atoms with E-state index in [-0.39, 0.29) is 11.7 Å². The third kappa shape index (κ3) is 4.84. The lowest BCUT2D eigenvalue weighted by atomic mass is 10.1. The first-order chi connectivity index (χ1) is 9.06. The van der Waals surface area contributed by atoms with E-state index < -0.39 is 5.97 Å². The lowest BCUT2D eigenvalue weighted by Crippen LogP contribution is -2.12. The van der Waals surface area contributed by atoms with Crippen molar-refractivity contribution in [3.05, 3.63) is 35.4 Å². The molecule has 4 heteroatoms. The van der Waals surface area contributed by atoms with Crippen LogP contribution in [0.5, 0.6) is 5.75 Å². The van der Waals surface area contributed by atoms with Crippen molar-refractivity contribution < 1.29 is 14.3 Å². The summed E-state index contributed by atoms with van der Waals surface area (Å²) >= 11 is 0. The molecule has 0 aromatic heterocycles. The van der Waals surface area contributed by atoms with E-state index in [2.05, 4.69) is 0 Å². The third-order valence-electron chi connectivity index (χ3n) is 2.16. The SMILES string of the molecule is CCOc1cccc(/C=C(/C#N)C(=O)OC(C)C)c1. The van der Waals surface area contributed by atoms with Crippen LogP contribution in [0, 0.1) is 11.3 Å². The highest BCUT2D eigenvalue weighted by Crippen LogP contribution is 2.16. The van der Waals surface area contributed by atoms with Crippen LogP contribution in [-0.2, 0) is 9.53 Å². The number of rotatable bonds is 5. The van der Waals surface area contributed by atoms with Crippen LogP contribution in [-0.4, -0.2) is 18.7 Å². The monoisotopic (exact) mass is 259 g/mol. The summed E-state index contributed by atoms with van der Waals surface area (Å²) in [5, 5.41) is 8.99. The second-order valence-electron chi connectivity index (χ2n) is 4.13. The van der Waals surface area contributed by atoms with Crippen molar-refractivity contribution in [2.45, 2.75) is 26.9 Å². The zero-order valence-corrected chi connectivity index (χ0v) is 11.3. The molecule has 1 aromatic rings. The molecule has 0 bridgehead atoms. The summed E-state index contributed by atoms with van der Waals surface area (Å²) in [6, 6.07) is 9.04. The Morgan fingerprint density at radius 3 is 2.79 bits per heavy atom. The minimum absolute atomic E-state index is 0.0256. The molecule has 0 spiro atoms. The van der Waals surface area contributed by atoms with Gasteiger partial charge in [0, 0.05) is 0 Å².